The van der Waals surface area contributed by atoms with Crippen molar-refractivity contribution in [3.8, 4) is 0 Å². The minimum atomic E-state index is -0.171. The van der Waals surface area contributed by atoms with E-state index in [0.717, 1.165) is 5.56 Å². The molecule has 0 spiro atoms. The minimum Gasteiger partial charge on any atom is -0.323 e. The number of hydrogen-bond donors (Lipinski definition) is 2. The Labute approximate surface area is 122 Å². The smallest absolute Gasteiger partial charge is 0.323 e. The highest BCUT2D eigenvalue weighted by atomic mass is 32.2. The topological polar surface area (TPSA) is 76.7 Å². The molecule has 0 bridgehead atoms. The van der Waals surface area contributed by atoms with E-state index in [0.29, 0.717) is 17.5 Å². The molecule has 0 amide bonds. The van der Waals surface area contributed by atoms with E-state index in [9.17, 15) is 4.79 Å². The molecule has 1 aromatic carbocycles. The van der Waals surface area contributed by atoms with Gasteiger partial charge in [0.2, 0.25) is 0 Å². The van der Waals surface area contributed by atoms with E-state index in [1.165, 1.54) is 22.9 Å². The number of aromatic amines is 1. The zero-order chi connectivity index (χ0) is 14.7. The van der Waals surface area contributed by atoms with Gasteiger partial charge in [-0.2, -0.15) is 0 Å². The molecule has 108 valence electrons. The monoisotopic (exact) mass is 292 g/mol. The number of aromatic nitrogens is 3. The summed E-state index contributed by atoms with van der Waals surface area (Å²) in [4.78, 5) is 11.5. The summed E-state index contributed by atoms with van der Waals surface area (Å²) < 4.78 is 1.61. The minimum absolute atomic E-state index is 0.0716. The number of nitrogens with two attached hydrogens (primary N) is 1. The average molecular weight is 292 g/mol. The number of nitrogens with one attached hydrogen (secondary N) is 1. The number of thioether (sulfide) groups is 1. The third-order valence-electron chi connectivity index (χ3n) is 3.26. The van der Waals surface area contributed by atoms with Crippen LogP contribution >= 0.6 is 11.8 Å². The molecule has 6 heteroatoms. The Morgan fingerprint density at radius 1 is 1.45 bits per heavy atom. The molecule has 5 nitrogen and oxygen atoms in total. The van der Waals surface area contributed by atoms with Crippen LogP contribution in [0.5, 0.6) is 0 Å². The highest BCUT2D eigenvalue weighted by molar-refractivity contribution is 7.99. The van der Waals surface area contributed by atoms with Gasteiger partial charge < -0.3 is 5.73 Å². The number of hydrogen-bond acceptors (Lipinski definition) is 4. The van der Waals surface area contributed by atoms with Crippen molar-refractivity contribution in [3.05, 3.63) is 45.4 Å². The van der Waals surface area contributed by atoms with Crippen LogP contribution < -0.4 is 11.4 Å². The van der Waals surface area contributed by atoms with Crippen LogP contribution in [0.1, 0.15) is 29.7 Å². The molecule has 0 saturated carbocycles. The fraction of sp³-hybridized carbons (Fsp3) is 0.429. The van der Waals surface area contributed by atoms with Gasteiger partial charge in [0.05, 0.1) is 0 Å². The van der Waals surface area contributed by atoms with E-state index in [4.69, 9.17) is 5.73 Å². The summed E-state index contributed by atoms with van der Waals surface area (Å²) in [6.45, 7) is 6.67. The predicted octanol–water partition coefficient (Wildman–Crippen LogP) is 2.00. The number of H-pyrrole nitrogens is 1. The SMILES string of the molecule is CCn1c(SCC(N)c2ccc(C)cc2C)n[nH]c1=O. The van der Waals surface area contributed by atoms with Gasteiger partial charge in [-0.3, -0.25) is 4.57 Å². The van der Waals surface area contributed by atoms with E-state index in [1.54, 1.807) is 4.57 Å². The maximum absolute atomic E-state index is 11.5. The van der Waals surface area contributed by atoms with Gasteiger partial charge in [-0.25, -0.2) is 9.89 Å². The van der Waals surface area contributed by atoms with Gasteiger partial charge in [0.1, 0.15) is 0 Å². The lowest BCUT2D eigenvalue weighted by Crippen LogP contribution is -2.18. The van der Waals surface area contributed by atoms with E-state index in [2.05, 4.69) is 42.2 Å². The average Bonchev–Trinajstić information content (AvgIpc) is 2.76. The lowest BCUT2D eigenvalue weighted by atomic mass is 10.0. The normalized spacial score (nSPS) is 12.6. The molecule has 1 aromatic heterocycles. The van der Waals surface area contributed by atoms with Crippen molar-refractivity contribution < 1.29 is 0 Å². The number of aryl methyl sites for hydroxylation is 2. The van der Waals surface area contributed by atoms with Crippen LogP contribution in [0.4, 0.5) is 0 Å². The fourth-order valence-electron chi connectivity index (χ4n) is 2.19. The molecule has 2 rings (SSSR count). The van der Waals surface area contributed by atoms with Gasteiger partial charge >= 0.3 is 5.69 Å². The van der Waals surface area contributed by atoms with Crippen molar-refractivity contribution in [2.45, 2.75) is 38.5 Å². The highest BCUT2D eigenvalue weighted by Crippen LogP contribution is 2.23. The van der Waals surface area contributed by atoms with E-state index in [-0.39, 0.29) is 11.7 Å². The summed E-state index contributed by atoms with van der Waals surface area (Å²) in [6, 6.07) is 6.21. The molecule has 1 heterocycles. The molecule has 0 aliphatic carbocycles. The molecule has 2 aromatic rings. The molecular weight excluding hydrogens is 272 g/mol. The van der Waals surface area contributed by atoms with Gasteiger partial charge in [0, 0.05) is 18.3 Å². The zero-order valence-electron chi connectivity index (χ0n) is 12.0. The second kappa shape index (κ2) is 6.28. The van der Waals surface area contributed by atoms with E-state index < -0.39 is 0 Å². The first-order valence-corrected chi connectivity index (χ1v) is 7.62. The summed E-state index contributed by atoms with van der Waals surface area (Å²) in [6.07, 6.45) is 0. The molecule has 1 unspecified atom stereocenters. The Morgan fingerprint density at radius 3 is 2.85 bits per heavy atom. The molecule has 0 aliphatic heterocycles. The number of benzene rings is 1. The standard InChI is InChI=1S/C14H20N4OS/c1-4-18-13(19)16-17-14(18)20-8-12(15)11-6-5-9(2)7-10(11)3/h5-7,12H,4,8,15H2,1-3H3,(H,16,19). The van der Waals surface area contributed by atoms with Gasteiger partial charge in [0.25, 0.3) is 0 Å². The first kappa shape index (κ1) is 14.9. The van der Waals surface area contributed by atoms with Crippen molar-refractivity contribution in [3.63, 3.8) is 0 Å². The van der Waals surface area contributed by atoms with E-state index in [1.807, 2.05) is 6.92 Å². The van der Waals surface area contributed by atoms with Gasteiger partial charge in [-0.05, 0) is 31.9 Å². The summed E-state index contributed by atoms with van der Waals surface area (Å²) >= 11 is 1.50. The van der Waals surface area contributed by atoms with Gasteiger partial charge in [0.15, 0.2) is 5.16 Å². The van der Waals surface area contributed by atoms with Crippen LogP contribution in [0.25, 0.3) is 0 Å². The molecule has 0 saturated heterocycles. The Balaban J connectivity index is 2.08. The van der Waals surface area contributed by atoms with Crippen LogP contribution in [0.2, 0.25) is 0 Å². The summed E-state index contributed by atoms with van der Waals surface area (Å²) in [7, 11) is 0. The quantitative estimate of drug-likeness (QED) is 0.826. The summed E-state index contributed by atoms with van der Waals surface area (Å²) in [5.41, 5.74) is 9.65. The lowest BCUT2D eigenvalue weighted by molar-refractivity contribution is 0.659. The van der Waals surface area contributed by atoms with Crippen molar-refractivity contribution in [1.82, 2.24) is 14.8 Å². The largest absolute Gasteiger partial charge is 0.343 e. The Kier molecular flexibility index (Phi) is 4.67. The Bertz CT molecular complexity index is 647. The van der Waals surface area contributed by atoms with Crippen molar-refractivity contribution in [2.75, 3.05) is 5.75 Å². The third kappa shape index (κ3) is 3.13. The molecule has 0 fully saturated rings. The highest BCUT2D eigenvalue weighted by Gasteiger charge is 2.13. The van der Waals surface area contributed by atoms with Crippen LogP contribution in [0.15, 0.2) is 28.2 Å². The Hall–Kier alpha value is -1.53. The molecule has 1 atom stereocenters. The molecular formula is C14H20N4OS. The van der Waals surface area contributed by atoms with Crippen LogP contribution in [-0.4, -0.2) is 20.5 Å². The maximum Gasteiger partial charge on any atom is 0.343 e. The number of rotatable bonds is 5. The zero-order valence-corrected chi connectivity index (χ0v) is 12.8. The first-order valence-electron chi connectivity index (χ1n) is 6.63. The van der Waals surface area contributed by atoms with Crippen LogP contribution in [0, 0.1) is 13.8 Å². The molecule has 20 heavy (non-hydrogen) atoms. The van der Waals surface area contributed by atoms with Crippen molar-refractivity contribution in [1.29, 1.82) is 0 Å². The third-order valence-corrected chi connectivity index (χ3v) is 4.35. The van der Waals surface area contributed by atoms with Crippen molar-refractivity contribution in [2.24, 2.45) is 5.73 Å². The van der Waals surface area contributed by atoms with E-state index >= 15 is 0 Å². The van der Waals surface area contributed by atoms with Crippen LogP contribution in [0.3, 0.4) is 0 Å². The van der Waals surface area contributed by atoms with Gasteiger partial charge in [-0.15, -0.1) is 5.10 Å². The van der Waals surface area contributed by atoms with Gasteiger partial charge in [-0.1, -0.05) is 35.5 Å². The summed E-state index contributed by atoms with van der Waals surface area (Å²) in [5.74, 6) is 0.689. The fourth-order valence-corrected chi connectivity index (χ4v) is 3.17. The predicted molar refractivity (Wildman–Crippen MR) is 82.1 cm³/mol. The maximum atomic E-state index is 11.5. The molecule has 3 N–H and O–H groups in total. The molecule has 0 aliphatic rings. The lowest BCUT2D eigenvalue weighted by Gasteiger charge is -2.14. The molecule has 0 radical (unpaired) electrons. The first-order chi connectivity index (χ1) is 9.52. The second-order valence-corrected chi connectivity index (χ2v) is 5.82. The Morgan fingerprint density at radius 2 is 2.20 bits per heavy atom. The second-order valence-electron chi connectivity index (χ2n) is 4.83. The van der Waals surface area contributed by atoms with Crippen molar-refractivity contribution >= 4 is 11.8 Å². The van der Waals surface area contributed by atoms with Crippen LogP contribution in [-0.2, 0) is 6.54 Å². The number of nitrogens with zero attached hydrogens (tertiary/aromatic N) is 2. The summed E-state index contributed by atoms with van der Waals surface area (Å²) in [5, 5.41) is 7.18.